The molecule has 126 valence electrons. The van der Waals surface area contributed by atoms with E-state index in [0.717, 1.165) is 52.4 Å². The van der Waals surface area contributed by atoms with Crippen LogP contribution in [0.25, 0.3) is 10.2 Å². The molecule has 3 aromatic heterocycles. The molecule has 0 unspecified atom stereocenters. The second kappa shape index (κ2) is 6.62. The molecule has 3 aromatic rings. The molecule has 6 nitrogen and oxygen atoms in total. The van der Waals surface area contributed by atoms with Crippen molar-refractivity contribution in [2.45, 2.75) is 44.7 Å². The van der Waals surface area contributed by atoms with Crippen LogP contribution in [0.1, 0.15) is 31.4 Å². The fourth-order valence-corrected chi connectivity index (χ4v) is 4.45. The topological polar surface area (TPSA) is 88.8 Å². The average molecular weight is 361 g/mol. The molecule has 0 aromatic carbocycles. The van der Waals surface area contributed by atoms with Gasteiger partial charge in [-0.1, -0.05) is 0 Å². The quantitative estimate of drug-likeness (QED) is 0.654. The van der Waals surface area contributed by atoms with Crippen molar-refractivity contribution >= 4 is 49.9 Å². The van der Waals surface area contributed by atoms with Crippen LogP contribution < -0.4 is 16.4 Å². The third-order valence-electron chi connectivity index (χ3n) is 4.28. The van der Waals surface area contributed by atoms with Gasteiger partial charge >= 0.3 is 0 Å². The molecule has 0 atom stereocenters. The molecule has 0 radical (unpaired) electrons. The Morgan fingerprint density at radius 1 is 1.21 bits per heavy atom. The highest BCUT2D eigenvalue weighted by Gasteiger charge is 2.20. The van der Waals surface area contributed by atoms with Crippen LogP contribution in [-0.4, -0.2) is 26.4 Å². The van der Waals surface area contributed by atoms with Gasteiger partial charge in [-0.15, -0.1) is 11.3 Å². The Bertz CT molecular complexity index is 834. The summed E-state index contributed by atoms with van der Waals surface area (Å²) in [5.74, 6) is 1.53. The molecule has 0 spiro atoms. The van der Waals surface area contributed by atoms with Crippen molar-refractivity contribution in [2.24, 2.45) is 5.73 Å². The van der Waals surface area contributed by atoms with Crippen molar-refractivity contribution in [2.75, 3.05) is 10.6 Å². The summed E-state index contributed by atoms with van der Waals surface area (Å²) < 4.78 is 5.39. The van der Waals surface area contributed by atoms with Crippen LogP contribution in [0.2, 0.25) is 0 Å². The first-order valence-electron chi connectivity index (χ1n) is 8.15. The zero-order chi connectivity index (χ0) is 16.5. The van der Waals surface area contributed by atoms with Crippen LogP contribution in [0.5, 0.6) is 0 Å². The highest BCUT2D eigenvalue weighted by Crippen LogP contribution is 2.31. The Labute approximate surface area is 148 Å². The number of hydrogen-bond donors (Lipinski definition) is 3. The van der Waals surface area contributed by atoms with Crippen molar-refractivity contribution in [3.05, 3.63) is 23.2 Å². The second-order valence-electron chi connectivity index (χ2n) is 6.24. The molecule has 4 rings (SSSR count). The minimum absolute atomic E-state index is 0.349. The summed E-state index contributed by atoms with van der Waals surface area (Å²) in [4.78, 5) is 9.33. The monoisotopic (exact) mass is 360 g/mol. The summed E-state index contributed by atoms with van der Waals surface area (Å²) >= 11 is 3.09. The molecule has 3 heterocycles. The van der Waals surface area contributed by atoms with E-state index in [1.165, 1.54) is 11.5 Å². The summed E-state index contributed by atoms with van der Waals surface area (Å²) in [6.07, 6.45) is 4.33. The lowest BCUT2D eigenvalue weighted by atomic mass is 9.92. The Balaban J connectivity index is 1.60. The molecule has 0 aliphatic heterocycles. The third kappa shape index (κ3) is 3.35. The number of anilines is 3. The predicted molar refractivity (Wildman–Crippen MR) is 101 cm³/mol. The highest BCUT2D eigenvalue weighted by atomic mass is 32.1. The SMILES string of the molecule is Cc1cc(Nc2nc(N[C@H]3CC[C@@H](N)CC3)c3sccc3n2)sn1. The molecule has 1 aliphatic rings. The van der Waals surface area contributed by atoms with E-state index < -0.39 is 0 Å². The smallest absolute Gasteiger partial charge is 0.230 e. The number of nitrogens with zero attached hydrogens (tertiary/aromatic N) is 3. The minimum Gasteiger partial charge on any atom is -0.366 e. The van der Waals surface area contributed by atoms with Gasteiger partial charge in [0.15, 0.2) is 0 Å². The van der Waals surface area contributed by atoms with Crippen LogP contribution in [0.3, 0.4) is 0 Å². The fourth-order valence-electron chi connectivity index (χ4n) is 3.01. The number of thiophene rings is 1. The van der Waals surface area contributed by atoms with E-state index in [-0.39, 0.29) is 0 Å². The Hall–Kier alpha value is -1.77. The molecule has 1 saturated carbocycles. The normalized spacial score (nSPS) is 21.1. The van der Waals surface area contributed by atoms with Crippen LogP contribution in [0, 0.1) is 6.92 Å². The van der Waals surface area contributed by atoms with Crippen molar-refractivity contribution < 1.29 is 0 Å². The van der Waals surface area contributed by atoms with Gasteiger partial charge in [0.25, 0.3) is 0 Å². The molecule has 0 amide bonds. The van der Waals surface area contributed by atoms with Crippen molar-refractivity contribution in [1.29, 1.82) is 0 Å². The lowest BCUT2D eigenvalue weighted by Crippen LogP contribution is -2.33. The molecule has 1 fully saturated rings. The zero-order valence-corrected chi connectivity index (χ0v) is 15.1. The van der Waals surface area contributed by atoms with Gasteiger partial charge in [0.1, 0.15) is 10.8 Å². The van der Waals surface area contributed by atoms with Gasteiger partial charge in [0.05, 0.1) is 15.9 Å². The maximum Gasteiger partial charge on any atom is 0.230 e. The van der Waals surface area contributed by atoms with E-state index >= 15 is 0 Å². The van der Waals surface area contributed by atoms with Crippen LogP contribution in [0.15, 0.2) is 17.5 Å². The van der Waals surface area contributed by atoms with Crippen LogP contribution in [0.4, 0.5) is 16.8 Å². The number of rotatable bonds is 4. The number of aryl methyl sites for hydroxylation is 1. The van der Waals surface area contributed by atoms with Gasteiger partial charge in [-0.2, -0.15) is 9.36 Å². The average Bonchev–Trinajstić information content (AvgIpc) is 3.19. The van der Waals surface area contributed by atoms with Crippen LogP contribution >= 0.6 is 22.9 Å². The number of fused-ring (bicyclic) bond motifs is 1. The summed E-state index contributed by atoms with van der Waals surface area (Å²) in [5, 5.41) is 9.90. The molecule has 8 heteroatoms. The lowest BCUT2D eigenvalue weighted by molar-refractivity contribution is 0.411. The molecule has 24 heavy (non-hydrogen) atoms. The number of nitrogens with two attached hydrogens (primary N) is 1. The molecular formula is C16H20N6S2. The molecule has 4 N–H and O–H groups in total. The molecule has 1 aliphatic carbocycles. The standard InChI is InChI=1S/C16H20N6S2/c1-9-8-13(24-22-9)20-16-19-12-6-7-23-14(12)15(21-16)18-11-4-2-10(17)3-5-11/h6-8,10-11H,2-5,17H2,1H3,(H2,18,19,20,21)/t10-,11+. The van der Waals surface area contributed by atoms with E-state index in [1.807, 2.05) is 19.1 Å². The highest BCUT2D eigenvalue weighted by molar-refractivity contribution is 7.17. The fraction of sp³-hybridized carbons (Fsp3) is 0.438. The maximum absolute atomic E-state index is 6.01. The summed E-state index contributed by atoms with van der Waals surface area (Å²) in [6, 6.07) is 4.82. The first kappa shape index (κ1) is 15.7. The number of aromatic nitrogens is 3. The van der Waals surface area contributed by atoms with E-state index in [1.54, 1.807) is 11.3 Å². The first-order valence-corrected chi connectivity index (χ1v) is 9.80. The Kier molecular flexibility index (Phi) is 4.34. The van der Waals surface area contributed by atoms with Gasteiger partial charge in [0, 0.05) is 12.1 Å². The lowest BCUT2D eigenvalue weighted by Gasteiger charge is -2.27. The summed E-state index contributed by atoms with van der Waals surface area (Å²) in [7, 11) is 0. The van der Waals surface area contributed by atoms with Gasteiger partial charge in [0.2, 0.25) is 5.95 Å². The van der Waals surface area contributed by atoms with Crippen molar-refractivity contribution in [3.8, 4) is 0 Å². The van der Waals surface area contributed by atoms with E-state index in [4.69, 9.17) is 10.7 Å². The van der Waals surface area contributed by atoms with Gasteiger partial charge in [-0.05, 0) is 61.7 Å². The first-order chi connectivity index (χ1) is 11.7. The Morgan fingerprint density at radius 2 is 2.04 bits per heavy atom. The molecule has 0 saturated heterocycles. The summed E-state index contributed by atoms with van der Waals surface area (Å²) in [5.41, 5.74) is 7.97. The maximum atomic E-state index is 6.01. The van der Waals surface area contributed by atoms with E-state index in [2.05, 4.69) is 25.4 Å². The third-order valence-corrected chi connectivity index (χ3v) is 5.99. The van der Waals surface area contributed by atoms with E-state index in [9.17, 15) is 0 Å². The van der Waals surface area contributed by atoms with Gasteiger partial charge in [-0.25, -0.2) is 4.98 Å². The van der Waals surface area contributed by atoms with E-state index in [0.29, 0.717) is 18.0 Å². The number of nitrogens with one attached hydrogen (secondary N) is 2. The molecular weight excluding hydrogens is 340 g/mol. The predicted octanol–water partition coefficient (Wildman–Crippen LogP) is 3.88. The van der Waals surface area contributed by atoms with Crippen LogP contribution in [-0.2, 0) is 0 Å². The minimum atomic E-state index is 0.349. The number of hydrogen-bond acceptors (Lipinski definition) is 8. The van der Waals surface area contributed by atoms with Gasteiger partial charge < -0.3 is 16.4 Å². The van der Waals surface area contributed by atoms with Crippen molar-refractivity contribution in [3.63, 3.8) is 0 Å². The second-order valence-corrected chi connectivity index (χ2v) is 7.97. The van der Waals surface area contributed by atoms with Gasteiger partial charge in [-0.3, -0.25) is 0 Å². The largest absolute Gasteiger partial charge is 0.366 e. The summed E-state index contributed by atoms with van der Waals surface area (Å²) in [6.45, 7) is 1.98. The van der Waals surface area contributed by atoms with Crippen molar-refractivity contribution in [1.82, 2.24) is 14.3 Å². The molecule has 0 bridgehead atoms. The Morgan fingerprint density at radius 3 is 2.79 bits per heavy atom. The zero-order valence-electron chi connectivity index (χ0n) is 13.5.